The lowest BCUT2D eigenvalue weighted by Gasteiger charge is -2.42. The third-order valence-corrected chi connectivity index (χ3v) is 7.91. The number of alkyl halides is 1. The van der Waals surface area contributed by atoms with Crippen LogP contribution in [0.1, 0.15) is 43.5 Å². The molecule has 2 saturated heterocycles. The number of rotatable bonds is 8. The number of halogens is 3. The standard InChI is InChI=1S/C30H35F3N8O2/c1-17-15-41(16-24(35)28(17)38-18(2)42)26-5-8-36-14-25(26)40-29-37-13-20(39-29)3-4-23(34)27-21(31)11-19(12-22(27)32)30(33)6-9-43-10-7-30/h3-5,8,11-14,17,24,28,34H,6-7,9-10,15-16,35H2,1-2H3,(H,38,42)(H2,37,39,40)/b4-3-,34-23?. The minimum atomic E-state index is -1.86. The molecule has 0 bridgehead atoms. The molecule has 0 saturated carbocycles. The fourth-order valence-corrected chi connectivity index (χ4v) is 5.71. The summed E-state index contributed by atoms with van der Waals surface area (Å²) >= 11 is 0. The van der Waals surface area contributed by atoms with Crippen molar-refractivity contribution in [1.29, 1.82) is 5.41 Å². The van der Waals surface area contributed by atoms with Gasteiger partial charge in [-0.2, -0.15) is 0 Å². The van der Waals surface area contributed by atoms with Crippen molar-refractivity contribution >= 4 is 35.0 Å². The Morgan fingerprint density at radius 1 is 1.23 bits per heavy atom. The summed E-state index contributed by atoms with van der Waals surface area (Å²) in [7, 11) is 0. The van der Waals surface area contributed by atoms with Crippen LogP contribution in [-0.2, 0) is 15.2 Å². The van der Waals surface area contributed by atoms with Gasteiger partial charge in [-0.15, -0.1) is 0 Å². The first-order valence-corrected chi connectivity index (χ1v) is 14.1. The van der Waals surface area contributed by atoms with Crippen molar-refractivity contribution in [2.24, 2.45) is 11.7 Å². The zero-order valence-electron chi connectivity index (χ0n) is 24.0. The molecule has 2 aromatic heterocycles. The SMILES string of the molecule is CC(=O)NC1C(C)CN(c2ccncc2Nc2ncc(/C=C\C(=N)c3c(F)cc(C4(F)CCOCC4)cc3F)[nH]2)CC1N. The summed E-state index contributed by atoms with van der Waals surface area (Å²) in [6.45, 7) is 5.07. The number of carbonyl (C=O) groups is 1. The van der Waals surface area contributed by atoms with E-state index in [1.54, 1.807) is 12.4 Å². The van der Waals surface area contributed by atoms with Gasteiger partial charge in [-0.05, 0) is 41.8 Å². The maximum atomic E-state index is 15.2. The van der Waals surface area contributed by atoms with E-state index in [0.717, 1.165) is 17.8 Å². The average Bonchev–Trinajstić information content (AvgIpc) is 3.41. The Bertz CT molecular complexity index is 1490. The predicted octanol–water partition coefficient (Wildman–Crippen LogP) is 4.17. The second kappa shape index (κ2) is 12.6. The lowest BCUT2D eigenvalue weighted by atomic mass is 9.87. The van der Waals surface area contributed by atoms with Crippen LogP contribution in [-0.4, -0.2) is 65.0 Å². The third kappa shape index (κ3) is 6.73. The molecule has 228 valence electrons. The number of aromatic amines is 1. The van der Waals surface area contributed by atoms with Gasteiger partial charge in [0.1, 0.15) is 17.3 Å². The molecule has 6 N–H and O–H groups in total. The molecule has 1 aromatic carbocycles. The maximum Gasteiger partial charge on any atom is 0.217 e. The molecular formula is C30H35F3N8O2. The Kier molecular flexibility index (Phi) is 8.83. The number of hydrogen-bond acceptors (Lipinski definition) is 8. The predicted molar refractivity (Wildman–Crippen MR) is 158 cm³/mol. The van der Waals surface area contributed by atoms with E-state index in [0.29, 0.717) is 30.4 Å². The van der Waals surface area contributed by atoms with E-state index in [-0.39, 0.29) is 55.5 Å². The monoisotopic (exact) mass is 596 g/mol. The molecule has 10 nitrogen and oxygen atoms in total. The molecule has 2 aliphatic heterocycles. The molecule has 3 unspecified atom stereocenters. The van der Waals surface area contributed by atoms with Crippen LogP contribution in [0.4, 0.5) is 30.5 Å². The third-order valence-electron chi connectivity index (χ3n) is 7.91. The average molecular weight is 597 g/mol. The minimum Gasteiger partial charge on any atom is -0.381 e. The Hall–Kier alpha value is -4.23. The number of carbonyl (C=O) groups excluding carboxylic acids is 1. The Labute approximate surface area is 247 Å². The fourth-order valence-electron chi connectivity index (χ4n) is 5.71. The lowest BCUT2D eigenvalue weighted by molar-refractivity contribution is -0.120. The molecule has 4 heterocycles. The van der Waals surface area contributed by atoms with Gasteiger partial charge in [-0.1, -0.05) is 6.92 Å². The molecule has 13 heteroatoms. The molecule has 3 aromatic rings. The second-order valence-electron chi connectivity index (χ2n) is 11.1. The normalized spacial score (nSPS) is 22.0. The van der Waals surface area contributed by atoms with Crippen LogP contribution < -0.4 is 21.3 Å². The van der Waals surface area contributed by atoms with E-state index < -0.39 is 28.6 Å². The molecule has 5 rings (SSSR count). The van der Waals surface area contributed by atoms with E-state index >= 15 is 4.39 Å². The number of hydrogen-bond donors (Lipinski definition) is 5. The van der Waals surface area contributed by atoms with E-state index in [2.05, 4.69) is 30.5 Å². The second-order valence-corrected chi connectivity index (χ2v) is 11.1. The number of ether oxygens (including phenoxy) is 1. The molecule has 0 spiro atoms. The van der Waals surface area contributed by atoms with Gasteiger partial charge in [0.2, 0.25) is 11.9 Å². The molecule has 0 radical (unpaired) electrons. The summed E-state index contributed by atoms with van der Waals surface area (Å²) in [5.41, 5.74) is 5.53. The molecule has 2 aliphatic rings. The number of nitrogens with zero attached hydrogens (tertiary/aromatic N) is 3. The van der Waals surface area contributed by atoms with Crippen LogP contribution in [0.25, 0.3) is 6.08 Å². The van der Waals surface area contributed by atoms with Gasteiger partial charge < -0.3 is 36.4 Å². The zero-order valence-corrected chi connectivity index (χ0v) is 24.0. The number of imidazole rings is 1. The van der Waals surface area contributed by atoms with Crippen molar-refractivity contribution in [3.05, 3.63) is 71.3 Å². The van der Waals surface area contributed by atoms with Gasteiger partial charge in [-0.25, -0.2) is 18.2 Å². The van der Waals surface area contributed by atoms with Crippen molar-refractivity contribution in [1.82, 2.24) is 20.3 Å². The highest BCUT2D eigenvalue weighted by molar-refractivity contribution is 6.09. The van der Waals surface area contributed by atoms with Gasteiger partial charge in [0, 0.05) is 64.3 Å². The number of H-pyrrole nitrogens is 1. The van der Waals surface area contributed by atoms with Gasteiger partial charge in [0.25, 0.3) is 0 Å². The van der Waals surface area contributed by atoms with Crippen LogP contribution in [0.3, 0.4) is 0 Å². The number of aromatic nitrogens is 3. The molecule has 3 atom stereocenters. The molecule has 1 amide bonds. The summed E-state index contributed by atoms with van der Waals surface area (Å²) in [5.74, 6) is -1.62. The van der Waals surface area contributed by atoms with Crippen LogP contribution in [0.15, 0.2) is 42.9 Å². The maximum absolute atomic E-state index is 15.2. The highest BCUT2D eigenvalue weighted by Crippen LogP contribution is 2.37. The lowest BCUT2D eigenvalue weighted by Crippen LogP contribution is -2.61. The first kappa shape index (κ1) is 30.2. The van der Waals surface area contributed by atoms with Crippen molar-refractivity contribution in [2.75, 3.05) is 36.5 Å². The summed E-state index contributed by atoms with van der Waals surface area (Å²) in [6, 6.07) is 3.40. The zero-order chi connectivity index (χ0) is 30.7. The minimum absolute atomic E-state index is 0.0169. The van der Waals surface area contributed by atoms with Crippen LogP contribution >= 0.6 is 0 Å². The van der Waals surface area contributed by atoms with Crippen LogP contribution in [0.5, 0.6) is 0 Å². The molecule has 2 fully saturated rings. The van der Waals surface area contributed by atoms with Crippen LogP contribution in [0.2, 0.25) is 0 Å². The number of nitrogens with two attached hydrogens (primary N) is 1. The van der Waals surface area contributed by atoms with E-state index in [1.165, 1.54) is 25.3 Å². The summed E-state index contributed by atoms with van der Waals surface area (Å²) in [6.07, 6.45) is 7.60. The number of pyridine rings is 1. The van der Waals surface area contributed by atoms with Crippen molar-refractivity contribution in [2.45, 2.75) is 44.4 Å². The number of benzene rings is 1. The van der Waals surface area contributed by atoms with Crippen LogP contribution in [0, 0.1) is 23.0 Å². The Morgan fingerprint density at radius 3 is 2.63 bits per heavy atom. The number of piperidine rings is 1. The van der Waals surface area contributed by atoms with Crippen molar-refractivity contribution < 1.29 is 22.7 Å². The van der Waals surface area contributed by atoms with Gasteiger partial charge in [0.05, 0.1) is 40.7 Å². The highest BCUT2D eigenvalue weighted by Gasteiger charge is 2.36. The molecular weight excluding hydrogens is 561 g/mol. The summed E-state index contributed by atoms with van der Waals surface area (Å²) in [4.78, 5) is 25.3. The topological polar surface area (TPSA) is 145 Å². The number of allylic oxidation sites excluding steroid dienone is 1. The fraction of sp³-hybridized carbons (Fsp3) is 0.400. The van der Waals surface area contributed by atoms with E-state index in [4.69, 9.17) is 15.9 Å². The summed E-state index contributed by atoms with van der Waals surface area (Å²) in [5, 5.41) is 14.4. The molecule has 0 aliphatic carbocycles. The van der Waals surface area contributed by atoms with E-state index in [1.807, 2.05) is 13.0 Å². The Balaban J connectivity index is 1.27. The number of amides is 1. The smallest absolute Gasteiger partial charge is 0.217 e. The van der Waals surface area contributed by atoms with E-state index in [9.17, 15) is 13.6 Å². The van der Waals surface area contributed by atoms with Gasteiger partial charge >= 0.3 is 0 Å². The molecule has 43 heavy (non-hydrogen) atoms. The number of nitrogens with one attached hydrogen (secondary N) is 4. The first-order chi connectivity index (χ1) is 20.5. The highest BCUT2D eigenvalue weighted by atomic mass is 19.1. The summed E-state index contributed by atoms with van der Waals surface area (Å²) < 4.78 is 50.2. The quantitative estimate of drug-likeness (QED) is 0.246. The Morgan fingerprint density at radius 2 is 1.95 bits per heavy atom. The largest absolute Gasteiger partial charge is 0.381 e. The number of anilines is 3. The first-order valence-electron chi connectivity index (χ1n) is 14.1. The van der Waals surface area contributed by atoms with Crippen molar-refractivity contribution in [3.63, 3.8) is 0 Å². The van der Waals surface area contributed by atoms with Gasteiger partial charge in [0.15, 0.2) is 0 Å². The van der Waals surface area contributed by atoms with Crippen molar-refractivity contribution in [3.8, 4) is 0 Å². The van der Waals surface area contributed by atoms with Gasteiger partial charge in [-0.3, -0.25) is 9.78 Å².